The first-order chi connectivity index (χ1) is 11.8. The normalized spacial score (nSPS) is 14.3. The summed E-state index contributed by atoms with van der Waals surface area (Å²) >= 11 is 0. The van der Waals surface area contributed by atoms with E-state index in [1.165, 1.54) is 12.8 Å². The number of aryl methyl sites for hydroxylation is 1. The Hall–Kier alpha value is -1.84. The van der Waals surface area contributed by atoms with Gasteiger partial charge in [0.1, 0.15) is 5.82 Å². The maximum atomic E-state index is 4.58. The Morgan fingerprint density at radius 1 is 1.16 bits per heavy atom. The topological polar surface area (TPSA) is 70.4 Å². The lowest BCUT2D eigenvalue weighted by atomic mass is 10.3. The number of nitrogens with one attached hydrogen (secondary N) is 2. The van der Waals surface area contributed by atoms with E-state index in [0.29, 0.717) is 13.1 Å². The van der Waals surface area contributed by atoms with E-state index in [1.54, 1.807) is 13.2 Å². The van der Waals surface area contributed by atoms with E-state index in [9.17, 15) is 0 Å². The van der Waals surface area contributed by atoms with Gasteiger partial charge in [-0.15, -0.1) is 24.0 Å². The van der Waals surface area contributed by atoms with Gasteiger partial charge in [0.15, 0.2) is 5.96 Å². The minimum Gasteiger partial charge on any atom is -0.357 e. The molecular formula is C17H26IN7. The van der Waals surface area contributed by atoms with E-state index in [4.69, 9.17) is 0 Å². The minimum atomic E-state index is 0. The van der Waals surface area contributed by atoms with Crippen molar-refractivity contribution in [2.75, 3.05) is 25.0 Å². The third kappa shape index (κ3) is 5.32. The molecule has 2 N–H and O–H groups in total. The molecule has 0 unspecified atom stereocenters. The summed E-state index contributed by atoms with van der Waals surface area (Å²) in [6.45, 7) is 3.62. The molecule has 1 saturated heterocycles. The van der Waals surface area contributed by atoms with E-state index < -0.39 is 0 Å². The number of nitrogens with zero attached hydrogens (tertiary/aromatic N) is 5. The molecule has 0 bridgehead atoms. The zero-order chi connectivity index (χ0) is 16.8. The van der Waals surface area contributed by atoms with Crippen LogP contribution in [0, 0.1) is 0 Å². The average Bonchev–Trinajstić information content (AvgIpc) is 3.28. The highest BCUT2D eigenvalue weighted by Crippen LogP contribution is 2.17. The Morgan fingerprint density at radius 2 is 1.92 bits per heavy atom. The van der Waals surface area contributed by atoms with Crippen LogP contribution < -0.4 is 15.5 Å². The van der Waals surface area contributed by atoms with Gasteiger partial charge in [0.25, 0.3) is 0 Å². The molecule has 2 aromatic heterocycles. The largest absolute Gasteiger partial charge is 0.357 e. The highest BCUT2D eigenvalue weighted by atomic mass is 127. The second-order valence-corrected chi connectivity index (χ2v) is 5.94. The Kier molecular flexibility index (Phi) is 7.48. The van der Waals surface area contributed by atoms with Gasteiger partial charge in [0, 0.05) is 46.1 Å². The second-order valence-electron chi connectivity index (χ2n) is 5.94. The molecule has 8 heteroatoms. The molecule has 0 atom stereocenters. The first-order valence-electron chi connectivity index (χ1n) is 8.37. The lowest BCUT2D eigenvalue weighted by Crippen LogP contribution is -2.36. The highest BCUT2D eigenvalue weighted by molar-refractivity contribution is 14.0. The fourth-order valence-corrected chi connectivity index (χ4v) is 2.81. The maximum absolute atomic E-state index is 4.58. The number of aliphatic imine (C=N–C) groups is 1. The van der Waals surface area contributed by atoms with Crippen molar-refractivity contribution >= 4 is 35.8 Å². The second kappa shape index (κ2) is 9.59. The van der Waals surface area contributed by atoms with Crippen LogP contribution in [0.4, 0.5) is 5.82 Å². The van der Waals surface area contributed by atoms with Crippen LogP contribution in [0.1, 0.15) is 24.1 Å². The summed E-state index contributed by atoms with van der Waals surface area (Å²) in [7, 11) is 3.70. The SMILES string of the molecule is CN=C(NCc1ccc(N2CCCC2)nc1)NCc1ccnn1C.I. The van der Waals surface area contributed by atoms with E-state index in [0.717, 1.165) is 36.1 Å². The number of hydrogen-bond donors (Lipinski definition) is 2. The Balaban J connectivity index is 0.00000225. The Morgan fingerprint density at radius 3 is 2.52 bits per heavy atom. The van der Waals surface area contributed by atoms with Crippen LogP contribution in [0.3, 0.4) is 0 Å². The Bertz CT molecular complexity index is 675. The van der Waals surface area contributed by atoms with Gasteiger partial charge in [-0.05, 0) is 30.5 Å². The molecule has 0 aromatic carbocycles. The standard InChI is InChI=1S/C17H25N7.HI/c1-18-17(21-13-15-7-8-22-23(15)2)20-12-14-5-6-16(19-11-14)24-9-3-4-10-24;/h5-8,11H,3-4,9-10,12-13H2,1-2H3,(H2,18,20,21);1H. The summed E-state index contributed by atoms with van der Waals surface area (Å²) in [5.74, 6) is 1.84. The molecule has 0 aliphatic carbocycles. The van der Waals surface area contributed by atoms with Crippen molar-refractivity contribution in [3.05, 3.63) is 41.9 Å². The molecule has 0 radical (unpaired) electrons. The van der Waals surface area contributed by atoms with Gasteiger partial charge < -0.3 is 15.5 Å². The van der Waals surface area contributed by atoms with Crippen molar-refractivity contribution in [3.63, 3.8) is 0 Å². The fourth-order valence-electron chi connectivity index (χ4n) is 2.81. The molecule has 0 spiro atoms. The van der Waals surface area contributed by atoms with Crippen LogP contribution in [-0.2, 0) is 20.1 Å². The minimum absolute atomic E-state index is 0. The first-order valence-corrected chi connectivity index (χ1v) is 8.37. The van der Waals surface area contributed by atoms with Gasteiger partial charge in [0.05, 0.1) is 12.2 Å². The number of halogens is 1. The smallest absolute Gasteiger partial charge is 0.191 e. The molecule has 1 aliphatic rings. The lowest BCUT2D eigenvalue weighted by molar-refractivity contribution is 0.684. The van der Waals surface area contributed by atoms with Crippen LogP contribution in [0.5, 0.6) is 0 Å². The molecule has 2 aromatic rings. The van der Waals surface area contributed by atoms with Crippen molar-refractivity contribution in [1.29, 1.82) is 0 Å². The van der Waals surface area contributed by atoms with Crippen LogP contribution in [-0.4, -0.2) is 40.9 Å². The molecule has 136 valence electrons. The van der Waals surface area contributed by atoms with Gasteiger partial charge in [-0.25, -0.2) is 4.98 Å². The highest BCUT2D eigenvalue weighted by Gasteiger charge is 2.12. The number of rotatable bonds is 5. The average molecular weight is 455 g/mol. The van der Waals surface area contributed by atoms with Gasteiger partial charge in [-0.1, -0.05) is 6.07 Å². The van der Waals surface area contributed by atoms with Gasteiger partial charge in [-0.2, -0.15) is 5.10 Å². The number of aromatic nitrogens is 3. The van der Waals surface area contributed by atoms with Crippen molar-refractivity contribution in [1.82, 2.24) is 25.4 Å². The maximum Gasteiger partial charge on any atom is 0.191 e. The quantitative estimate of drug-likeness (QED) is 0.410. The molecular weight excluding hydrogens is 429 g/mol. The lowest BCUT2D eigenvalue weighted by Gasteiger charge is -2.16. The summed E-state index contributed by atoms with van der Waals surface area (Å²) < 4.78 is 1.85. The van der Waals surface area contributed by atoms with Crippen molar-refractivity contribution in [3.8, 4) is 0 Å². The van der Waals surface area contributed by atoms with E-state index in [1.807, 2.05) is 24.0 Å². The van der Waals surface area contributed by atoms with Gasteiger partial charge in [0.2, 0.25) is 0 Å². The van der Waals surface area contributed by atoms with Crippen LogP contribution in [0.15, 0.2) is 35.6 Å². The summed E-state index contributed by atoms with van der Waals surface area (Å²) in [6, 6.07) is 6.22. The van der Waals surface area contributed by atoms with Crippen molar-refractivity contribution in [2.24, 2.45) is 12.0 Å². The summed E-state index contributed by atoms with van der Waals surface area (Å²) in [6.07, 6.45) is 6.27. The van der Waals surface area contributed by atoms with E-state index >= 15 is 0 Å². The number of pyridine rings is 1. The number of hydrogen-bond acceptors (Lipinski definition) is 4. The molecule has 0 amide bonds. The molecule has 0 saturated carbocycles. The summed E-state index contributed by atoms with van der Waals surface area (Å²) in [4.78, 5) is 11.2. The summed E-state index contributed by atoms with van der Waals surface area (Å²) in [5, 5.41) is 10.8. The molecule has 3 heterocycles. The van der Waals surface area contributed by atoms with Crippen molar-refractivity contribution in [2.45, 2.75) is 25.9 Å². The fraction of sp³-hybridized carbons (Fsp3) is 0.471. The molecule has 25 heavy (non-hydrogen) atoms. The van der Waals surface area contributed by atoms with Gasteiger partial charge in [-0.3, -0.25) is 9.67 Å². The zero-order valence-electron chi connectivity index (χ0n) is 14.8. The molecule has 3 rings (SSSR count). The first kappa shape index (κ1) is 19.5. The van der Waals surface area contributed by atoms with Crippen LogP contribution in [0.25, 0.3) is 0 Å². The molecule has 1 aliphatic heterocycles. The van der Waals surface area contributed by atoms with Crippen LogP contribution >= 0.6 is 24.0 Å². The third-order valence-corrected chi connectivity index (χ3v) is 4.28. The predicted octanol–water partition coefficient (Wildman–Crippen LogP) is 1.90. The number of anilines is 1. The Labute approximate surface area is 165 Å². The van der Waals surface area contributed by atoms with Crippen LogP contribution in [0.2, 0.25) is 0 Å². The predicted molar refractivity (Wildman–Crippen MR) is 111 cm³/mol. The zero-order valence-corrected chi connectivity index (χ0v) is 17.1. The summed E-state index contributed by atoms with van der Waals surface area (Å²) in [5.41, 5.74) is 2.25. The number of guanidine groups is 1. The molecule has 7 nitrogen and oxygen atoms in total. The van der Waals surface area contributed by atoms with E-state index in [2.05, 4.69) is 42.7 Å². The molecule has 1 fully saturated rings. The van der Waals surface area contributed by atoms with E-state index in [-0.39, 0.29) is 24.0 Å². The van der Waals surface area contributed by atoms with Crippen molar-refractivity contribution < 1.29 is 0 Å². The third-order valence-electron chi connectivity index (χ3n) is 4.28. The van der Waals surface area contributed by atoms with Gasteiger partial charge >= 0.3 is 0 Å². The monoisotopic (exact) mass is 455 g/mol.